The summed E-state index contributed by atoms with van der Waals surface area (Å²) in [6, 6.07) is 0. The van der Waals surface area contributed by atoms with Crippen molar-refractivity contribution in [2.45, 2.75) is 31.0 Å². The standard InChI is InChI=1S/C12H12F6O3/c13-10(14,15)5-20-12(21-6-11(16,17)18)8-2-1-7(3-8)4-9(12)19/h1-2,7-8H,3-6H2/t7-,8+/m1/s1. The highest BCUT2D eigenvalue weighted by Crippen LogP contribution is 2.45. The number of fused-ring (bicyclic) bond motifs is 2. The smallest absolute Gasteiger partial charge is 0.334 e. The molecule has 0 saturated heterocycles. The fraction of sp³-hybridized carbons (Fsp3) is 0.750. The van der Waals surface area contributed by atoms with Crippen molar-refractivity contribution in [1.82, 2.24) is 0 Å². The van der Waals surface area contributed by atoms with Gasteiger partial charge in [-0.05, 0) is 12.3 Å². The third kappa shape index (κ3) is 3.76. The van der Waals surface area contributed by atoms with Crippen LogP contribution in [0.5, 0.6) is 0 Å². The van der Waals surface area contributed by atoms with Crippen molar-refractivity contribution in [2.75, 3.05) is 13.2 Å². The van der Waals surface area contributed by atoms with Crippen molar-refractivity contribution in [2.24, 2.45) is 11.8 Å². The molecule has 2 aliphatic carbocycles. The Bertz CT molecular complexity index is 421. The van der Waals surface area contributed by atoms with Crippen molar-refractivity contribution in [3.8, 4) is 0 Å². The lowest BCUT2D eigenvalue weighted by molar-refractivity contribution is -0.311. The number of carbonyl (C=O) groups excluding carboxylic acids is 1. The van der Waals surface area contributed by atoms with Crippen molar-refractivity contribution >= 4 is 5.78 Å². The van der Waals surface area contributed by atoms with E-state index >= 15 is 0 Å². The summed E-state index contributed by atoms with van der Waals surface area (Å²) in [5.74, 6) is -4.51. The summed E-state index contributed by atoms with van der Waals surface area (Å²) in [5, 5.41) is 0. The van der Waals surface area contributed by atoms with Gasteiger partial charge in [-0.2, -0.15) is 26.3 Å². The number of ether oxygens (including phenoxy) is 2. The maximum atomic E-state index is 12.3. The van der Waals surface area contributed by atoms with Gasteiger partial charge in [-0.1, -0.05) is 12.2 Å². The predicted molar refractivity (Wildman–Crippen MR) is 57.1 cm³/mol. The third-order valence-corrected chi connectivity index (χ3v) is 3.40. The molecule has 1 saturated carbocycles. The summed E-state index contributed by atoms with van der Waals surface area (Å²) in [7, 11) is 0. The zero-order valence-electron chi connectivity index (χ0n) is 10.6. The summed E-state index contributed by atoms with van der Waals surface area (Å²) in [6.07, 6.45) is -6.51. The molecule has 0 unspecified atom stereocenters. The number of hydrogen-bond donors (Lipinski definition) is 0. The summed E-state index contributed by atoms with van der Waals surface area (Å²) >= 11 is 0. The normalized spacial score (nSPS) is 28.2. The number of allylic oxidation sites excluding steroid dienone is 1. The lowest BCUT2D eigenvalue weighted by Gasteiger charge is -2.40. The Morgan fingerprint density at radius 1 is 1.05 bits per heavy atom. The minimum Gasteiger partial charge on any atom is -0.334 e. The van der Waals surface area contributed by atoms with Gasteiger partial charge in [-0.3, -0.25) is 4.79 Å². The molecule has 2 atom stereocenters. The Morgan fingerprint density at radius 3 is 2.05 bits per heavy atom. The molecule has 0 aromatic rings. The maximum absolute atomic E-state index is 12.3. The molecule has 2 rings (SSSR count). The first-order valence-corrected chi connectivity index (χ1v) is 6.15. The number of ketones is 1. The van der Waals surface area contributed by atoms with Crippen LogP contribution in [0.25, 0.3) is 0 Å². The highest BCUT2D eigenvalue weighted by atomic mass is 19.4. The Morgan fingerprint density at radius 2 is 1.57 bits per heavy atom. The van der Waals surface area contributed by atoms with Gasteiger partial charge in [0.1, 0.15) is 13.2 Å². The Kier molecular flexibility index (Phi) is 4.09. The molecule has 0 aromatic heterocycles. The van der Waals surface area contributed by atoms with Gasteiger partial charge in [-0.15, -0.1) is 0 Å². The summed E-state index contributed by atoms with van der Waals surface area (Å²) < 4.78 is 82.8. The van der Waals surface area contributed by atoms with Crippen molar-refractivity contribution < 1.29 is 40.6 Å². The number of rotatable bonds is 4. The van der Waals surface area contributed by atoms with Crippen LogP contribution in [-0.2, 0) is 14.3 Å². The number of Topliss-reactive ketones (excluding diaryl/α,β-unsaturated/α-hetero) is 1. The molecule has 0 aliphatic heterocycles. The van der Waals surface area contributed by atoms with Crippen LogP contribution in [0.3, 0.4) is 0 Å². The maximum Gasteiger partial charge on any atom is 0.411 e. The largest absolute Gasteiger partial charge is 0.411 e. The molecule has 2 bridgehead atoms. The first-order valence-electron chi connectivity index (χ1n) is 6.15. The average Bonchev–Trinajstić information content (AvgIpc) is 2.71. The number of halogens is 6. The van der Waals surface area contributed by atoms with Gasteiger partial charge in [0.05, 0.1) is 0 Å². The fourth-order valence-electron chi connectivity index (χ4n) is 2.59. The van der Waals surface area contributed by atoms with E-state index in [1.807, 2.05) is 0 Å². The second kappa shape index (κ2) is 5.28. The lowest BCUT2D eigenvalue weighted by Crippen LogP contribution is -2.55. The number of alkyl halides is 6. The monoisotopic (exact) mass is 318 g/mol. The van der Waals surface area contributed by atoms with E-state index in [-0.39, 0.29) is 18.8 Å². The molecule has 0 heterocycles. The van der Waals surface area contributed by atoms with Gasteiger partial charge in [0.25, 0.3) is 0 Å². The van der Waals surface area contributed by atoms with E-state index in [1.54, 1.807) is 6.08 Å². The minimum atomic E-state index is -4.77. The van der Waals surface area contributed by atoms with Crippen molar-refractivity contribution in [1.29, 1.82) is 0 Å². The zero-order chi connectivity index (χ0) is 15.9. The first kappa shape index (κ1) is 16.3. The van der Waals surface area contributed by atoms with E-state index in [9.17, 15) is 31.1 Å². The molecule has 2 aliphatic rings. The first-order chi connectivity index (χ1) is 9.52. The predicted octanol–water partition coefficient (Wildman–Crippen LogP) is 3.01. The van der Waals surface area contributed by atoms with Crippen LogP contribution in [0.1, 0.15) is 12.8 Å². The minimum absolute atomic E-state index is 0.181. The molecule has 3 nitrogen and oxygen atoms in total. The van der Waals surface area contributed by atoms with Crippen LogP contribution in [-0.4, -0.2) is 37.1 Å². The van der Waals surface area contributed by atoms with Gasteiger partial charge >= 0.3 is 12.4 Å². The molecule has 0 spiro atoms. The molecule has 0 N–H and O–H groups in total. The molecule has 120 valence electrons. The van der Waals surface area contributed by atoms with Crippen LogP contribution in [0.2, 0.25) is 0 Å². The van der Waals surface area contributed by atoms with E-state index < -0.39 is 43.1 Å². The van der Waals surface area contributed by atoms with E-state index in [0.29, 0.717) is 0 Å². The van der Waals surface area contributed by atoms with Crippen LogP contribution in [0, 0.1) is 11.8 Å². The molecular weight excluding hydrogens is 306 g/mol. The van der Waals surface area contributed by atoms with Crippen LogP contribution < -0.4 is 0 Å². The average molecular weight is 318 g/mol. The molecular formula is C12H12F6O3. The Labute approximate surface area is 115 Å². The quantitative estimate of drug-likeness (QED) is 0.454. The third-order valence-electron chi connectivity index (χ3n) is 3.40. The van der Waals surface area contributed by atoms with Crippen LogP contribution >= 0.6 is 0 Å². The number of carbonyl (C=O) groups is 1. The van der Waals surface area contributed by atoms with E-state index in [0.717, 1.165) is 0 Å². The topological polar surface area (TPSA) is 35.5 Å². The molecule has 9 heteroatoms. The van der Waals surface area contributed by atoms with Gasteiger partial charge in [-0.25, -0.2) is 0 Å². The molecule has 21 heavy (non-hydrogen) atoms. The molecule has 1 fully saturated rings. The highest BCUT2D eigenvalue weighted by Gasteiger charge is 2.55. The molecule has 0 aromatic carbocycles. The van der Waals surface area contributed by atoms with E-state index in [4.69, 9.17) is 0 Å². The van der Waals surface area contributed by atoms with Gasteiger partial charge in [0.15, 0.2) is 5.78 Å². The van der Waals surface area contributed by atoms with Crippen molar-refractivity contribution in [3.05, 3.63) is 12.2 Å². The SMILES string of the molecule is O=C1C[C@@H]2C=C[C@@H](C2)C1(OCC(F)(F)F)OCC(F)(F)F. The summed E-state index contributed by atoms with van der Waals surface area (Å²) in [4.78, 5) is 12.0. The second-order valence-corrected chi connectivity index (χ2v) is 5.09. The van der Waals surface area contributed by atoms with Gasteiger partial charge in [0.2, 0.25) is 5.79 Å². The molecule has 0 amide bonds. The van der Waals surface area contributed by atoms with E-state index in [1.165, 1.54) is 6.08 Å². The molecule has 0 radical (unpaired) electrons. The zero-order valence-corrected chi connectivity index (χ0v) is 10.6. The van der Waals surface area contributed by atoms with E-state index in [2.05, 4.69) is 9.47 Å². The Balaban J connectivity index is 2.20. The van der Waals surface area contributed by atoms with Gasteiger partial charge in [0, 0.05) is 12.3 Å². The fourth-order valence-corrected chi connectivity index (χ4v) is 2.59. The highest BCUT2D eigenvalue weighted by molar-refractivity contribution is 5.88. The van der Waals surface area contributed by atoms with Gasteiger partial charge < -0.3 is 9.47 Å². The van der Waals surface area contributed by atoms with Crippen LogP contribution in [0.4, 0.5) is 26.3 Å². The number of hydrogen-bond acceptors (Lipinski definition) is 3. The second-order valence-electron chi connectivity index (χ2n) is 5.09. The summed E-state index contributed by atoms with van der Waals surface area (Å²) in [5.41, 5.74) is 0. The summed E-state index contributed by atoms with van der Waals surface area (Å²) in [6.45, 7) is -3.68. The van der Waals surface area contributed by atoms with Crippen molar-refractivity contribution in [3.63, 3.8) is 0 Å². The van der Waals surface area contributed by atoms with Crippen LogP contribution in [0.15, 0.2) is 12.2 Å². The lowest BCUT2D eigenvalue weighted by atomic mass is 9.81. The Hall–Kier alpha value is -1.09.